The first-order valence-electron chi connectivity index (χ1n) is 13.8. The summed E-state index contributed by atoms with van der Waals surface area (Å²) in [5, 5.41) is 12.6. The molecule has 1 fully saturated rings. The summed E-state index contributed by atoms with van der Waals surface area (Å²) < 4.78 is 2.08. The van der Waals surface area contributed by atoms with E-state index in [1.807, 2.05) is 36.4 Å². The summed E-state index contributed by atoms with van der Waals surface area (Å²) >= 11 is 6.53. The molecule has 3 heterocycles. The van der Waals surface area contributed by atoms with Gasteiger partial charge in [0.2, 0.25) is 0 Å². The van der Waals surface area contributed by atoms with Crippen molar-refractivity contribution in [2.45, 2.75) is 32.9 Å². The maximum absolute atomic E-state index is 13.0. The summed E-state index contributed by atoms with van der Waals surface area (Å²) in [7, 11) is 0. The van der Waals surface area contributed by atoms with E-state index >= 15 is 0 Å². The number of amides is 2. The largest absolute Gasteiger partial charge is 0.331 e. The van der Waals surface area contributed by atoms with Gasteiger partial charge in [-0.3, -0.25) is 9.89 Å². The average molecular weight is 568 g/mol. The molecule has 1 aromatic heterocycles. The van der Waals surface area contributed by atoms with Crippen LogP contribution in [0.5, 0.6) is 0 Å². The topological polar surface area (TPSA) is 89.6 Å². The van der Waals surface area contributed by atoms with Crippen molar-refractivity contribution in [2.75, 3.05) is 31.5 Å². The van der Waals surface area contributed by atoms with E-state index in [-0.39, 0.29) is 12.1 Å². The van der Waals surface area contributed by atoms with Crippen LogP contribution in [0.4, 0.5) is 10.5 Å². The molecule has 0 aliphatic carbocycles. The molecule has 0 bridgehead atoms. The Kier molecular flexibility index (Phi) is 8.67. The number of imidazole rings is 1. The number of halogens is 1. The zero-order valence-corrected chi connectivity index (χ0v) is 24.2. The number of aryl methyl sites for hydroxylation is 1. The highest BCUT2D eigenvalue weighted by atomic mass is 35.5. The quantitative estimate of drug-likeness (QED) is 0.362. The number of aromatic nitrogens is 2. The number of allylic oxidation sites excluding steroid dienone is 2. The summed E-state index contributed by atoms with van der Waals surface area (Å²) in [6, 6.07) is 14.8. The van der Waals surface area contributed by atoms with Crippen molar-refractivity contribution in [3.8, 4) is 6.07 Å². The highest BCUT2D eigenvalue weighted by molar-refractivity contribution is 6.30. The Bertz CT molecular complexity index is 1520. The van der Waals surface area contributed by atoms with Crippen LogP contribution in [-0.4, -0.2) is 57.8 Å². The molecule has 1 N–H and O–H groups in total. The van der Waals surface area contributed by atoms with Crippen molar-refractivity contribution in [1.82, 2.24) is 19.4 Å². The van der Waals surface area contributed by atoms with Gasteiger partial charge >= 0.3 is 6.03 Å². The molecule has 0 saturated carbocycles. The number of hydrogen-bond acceptors (Lipinski definition) is 5. The summed E-state index contributed by atoms with van der Waals surface area (Å²) in [4.78, 5) is 26.5. The van der Waals surface area contributed by atoms with Gasteiger partial charge in [-0.05, 0) is 72.4 Å². The predicted octanol–water partition coefficient (Wildman–Crippen LogP) is 6.32. The Morgan fingerprint density at radius 1 is 1.20 bits per heavy atom. The molecule has 0 radical (unpaired) electrons. The minimum Gasteiger partial charge on any atom is -0.331 e. The van der Waals surface area contributed by atoms with E-state index in [0.29, 0.717) is 54.9 Å². The summed E-state index contributed by atoms with van der Waals surface area (Å²) in [5.74, 6) is 1.31. The fraction of sp³-hybridized carbons (Fsp3) is 0.312. The molecular weight excluding hydrogens is 534 g/mol. The molecule has 2 aliphatic heterocycles. The maximum atomic E-state index is 13.0. The van der Waals surface area contributed by atoms with Crippen molar-refractivity contribution in [3.63, 3.8) is 0 Å². The number of rotatable bonds is 7. The number of aliphatic imine (C=N–C) groups is 1. The molecule has 0 spiro atoms. The van der Waals surface area contributed by atoms with Crippen molar-refractivity contribution in [3.05, 3.63) is 101 Å². The molecule has 3 aromatic rings. The molecule has 41 heavy (non-hydrogen) atoms. The maximum Gasteiger partial charge on any atom is 0.321 e. The number of carbonyl (C=O) groups excluding carboxylic acids is 1. The van der Waals surface area contributed by atoms with Gasteiger partial charge in [-0.25, -0.2) is 9.78 Å². The fourth-order valence-electron chi connectivity index (χ4n) is 5.38. The van der Waals surface area contributed by atoms with Gasteiger partial charge in [0, 0.05) is 62.0 Å². The van der Waals surface area contributed by atoms with E-state index in [0.717, 1.165) is 34.6 Å². The lowest BCUT2D eigenvalue weighted by Crippen LogP contribution is -2.51. The van der Waals surface area contributed by atoms with Crippen LogP contribution in [-0.2, 0) is 6.54 Å². The Balaban J connectivity index is 1.39. The fourth-order valence-corrected chi connectivity index (χ4v) is 5.55. The second-order valence-corrected chi connectivity index (χ2v) is 11.0. The Morgan fingerprint density at radius 2 is 1.95 bits per heavy atom. The molecule has 210 valence electrons. The molecule has 1 saturated heterocycles. The number of carbonyl (C=O) groups is 1. The van der Waals surface area contributed by atoms with Crippen LogP contribution in [0.25, 0.3) is 5.57 Å². The number of piperazine rings is 1. The smallest absolute Gasteiger partial charge is 0.321 e. The third kappa shape index (κ3) is 6.59. The molecule has 2 aliphatic rings. The van der Waals surface area contributed by atoms with Crippen LogP contribution in [0.1, 0.15) is 41.9 Å². The molecule has 8 nitrogen and oxygen atoms in total. The number of hydrogen-bond donors (Lipinski definition) is 1. The van der Waals surface area contributed by atoms with Gasteiger partial charge < -0.3 is 14.8 Å². The number of benzene rings is 2. The van der Waals surface area contributed by atoms with Crippen LogP contribution < -0.4 is 5.32 Å². The van der Waals surface area contributed by atoms with Crippen LogP contribution in [0.2, 0.25) is 5.02 Å². The summed E-state index contributed by atoms with van der Waals surface area (Å²) in [6.07, 6.45) is 8.94. The van der Waals surface area contributed by atoms with Crippen molar-refractivity contribution >= 4 is 35.1 Å². The second-order valence-electron chi connectivity index (χ2n) is 10.6. The van der Waals surface area contributed by atoms with Gasteiger partial charge in [-0.15, -0.1) is 0 Å². The Labute approximate surface area is 246 Å². The molecular formula is C32H34ClN7O. The number of nitriles is 1. The minimum absolute atomic E-state index is 0.106. The standard InChI is InChI=1S/C32H34ClN7O/c1-22-10-11-36-30(18-22)31(28-9-6-26(33)19-29(28)23(2)21-40-13-12-35-24(40)3)38-14-16-39(17-15-38)32(41)37-27-7-4-25(20-34)5-8-27/h4-9,11-13,18-19,22,31H,2,10,14-17,21H2,1,3H3,(H,37,41). The summed E-state index contributed by atoms with van der Waals surface area (Å²) in [5.41, 5.74) is 5.29. The second kappa shape index (κ2) is 12.5. The molecule has 5 rings (SSSR count). The van der Waals surface area contributed by atoms with E-state index in [1.165, 1.54) is 0 Å². The Morgan fingerprint density at radius 3 is 2.61 bits per heavy atom. The number of anilines is 1. The van der Waals surface area contributed by atoms with Gasteiger partial charge in [-0.1, -0.05) is 37.2 Å². The highest BCUT2D eigenvalue weighted by Crippen LogP contribution is 2.38. The number of nitrogens with one attached hydrogen (secondary N) is 1. The molecule has 2 amide bonds. The van der Waals surface area contributed by atoms with Gasteiger partial charge in [0.25, 0.3) is 0 Å². The summed E-state index contributed by atoms with van der Waals surface area (Å²) in [6.45, 7) is 11.8. The monoisotopic (exact) mass is 567 g/mol. The lowest BCUT2D eigenvalue weighted by Gasteiger charge is -2.40. The zero-order chi connectivity index (χ0) is 28.9. The van der Waals surface area contributed by atoms with Gasteiger partial charge in [0.15, 0.2) is 0 Å². The normalized spacial score (nSPS) is 18.0. The third-order valence-corrected chi connectivity index (χ3v) is 7.90. The highest BCUT2D eigenvalue weighted by Gasteiger charge is 2.32. The molecule has 2 unspecified atom stereocenters. The van der Waals surface area contributed by atoms with Crippen LogP contribution >= 0.6 is 11.6 Å². The SMILES string of the molecule is C=C(Cn1ccnc1C)c1cc(Cl)ccc1C(C1=CC(C)CC=N1)N1CCN(C(=O)Nc2ccc(C#N)cc2)CC1. The van der Waals surface area contributed by atoms with E-state index in [9.17, 15) is 4.79 Å². The molecule has 9 heteroatoms. The van der Waals surface area contributed by atoms with E-state index in [4.69, 9.17) is 21.9 Å². The van der Waals surface area contributed by atoms with Gasteiger partial charge in [-0.2, -0.15) is 5.26 Å². The van der Waals surface area contributed by atoms with Crippen LogP contribution in [0, 0.1) is 24.2 Å². The predicted molar refractivity (Wildman–Crippen MR) is 164 cm³/mol. The van der Waals surface area contributed by atoms with Crippen molar-refractivity contribution in [1.29, 1.82) is 5.26 Å². The minimum atomic E-state index is -0.148. The number of urea groups is 1. The zero-order valence-electron chi connectivity index (χ0n) is 23.4. The van der Waals surface area contributed by atoms with E-state index in [1.54, 1.807) is 30.5 Å². The van der Waals surface area contributed by atoms with Crippen LogP contribution in [0.15, 0.2) is 78.2 Å². The van der Waals surface area contributed by atoms with E-state index in [2.05, 4.69) is 51.5 Å². The lowest BCUT2D eigenvalue weighted by atomic mass is 9.90. The first-order valence-corrected chi connectivity index (χ1v) is 14.2. The van der Waals surface area contributed by atoms with Gasteiger partial charge in [0.1, 0.15) is 5.82 Å². The Hall–Kier alpha value is -4.19. The first kappa shape index (κ1) is 28.3. The molecule has 2 atom stereocenters. The first-order chi connectivity index (χ1) is 19.8. The molecule has 2 aromatic carbocycles. The van der Waals surface area contributed by atoms with Crippen molar-refractivity contribution < 1.29 is 4.79 Å². The number of nitrogens with zero attached hydrogens (tertiary/aromatic N) is 6. The van der Waals surface area contributed by atoms with Crippen molar-refractivity contribution in [2.24, 2.45) is 10.9 Å². The van der Waals surface area contributed by atoms with E-state index < -0.39 is 0 Å². The third-order valence-electron chi connectivity index (χ3n) is 7.66. The van der Waals surface area contributed by atoms with Gasteiger partial charge in [0.05, 0.1) is 23.4 Å². The van der Waals surface area contributed by atoms with Crippen LogP contribution in [0.3, 0.4) is 0 Å². The average Bonchev–Trinajstić information content (AvgIpc) is 3.38. The lowest BCUT2D eigenvalue weighted by molar-refractivity contribution is 0.124.